The van der Waals surface area contributed by atoms with E-state index in [0.717, 1.165) is 38.5 Å². The summed E-state index contributed by atoms with van der Waals surface area (Å²) in [6, 6.07) is 13.6. The Balaban J connectivity index is 0.000000371. The van der Waals surface area contributed by atoms with Crippen molar-refractivity contribution in [3.8, 4) is 17.7 Å². The van der Waals surface area contributed by atoms with E-state index in [1.165, 1.54) is 50.0 Å². The van der Waals surface area contributed by atoms with Gasteiger partial charge in [0.15, 0.2) is 0 Å². The molecular formula is C26H38N4O5. The van der Waals surface area contributed by atoms with Gasteiger partial charge in [-0.15, -0.1) is 11.0 Å². The molecule has 0 bridgehead atoms. The molecule has 0 aliphatic carbocycles. The van der Waals surface area contributed by atoms with Gasteiger partial charge in [0.25, 0.3) is 0 Å². The van der Waals surface area contributed by atoms with Crippen molar-refractivity contribution in [3.05, 3.63) is 47.7 Å². The maximum absolute atomic E-state index is 7.47. The van der Waals surface area contributed by atoms with Gasteiger partial charge in [0.2, 0.25) is 5.88 Å². The fourth-order valence-corrected chi connectivity index (χ4v) is 4.45. The molecule has 0 amide bonds. The van der Waals surface area contributed by atoms with Gasteiger partial charge in [0, 0.05) is 37.4 Å². The van der Waals surface area contributed by atoms with Gasteiger partial charge in [-0.2, -0.15) is 4.89 Å². The van der Waals surface area contributed by atoms with E-state index in [-0.39, 0.29) is 6.61 Å². The number of fused-ring (bicyclic) bond motifs is 1. The molecule has 0 saturated carbocycles. The van der Waals surface area contributed by atoms with Gasteiger partial charge in [0.1, 0.15) is 13.2 Å². The van der Waals surface area contributed by atoms with E-state index in [1.54, 1.807) is 6.92 Å². The van der Waals surface area contributed by atoms with E-state index in [2.05, 4.69) is 89.8 Å². The van der Waals surface area contributed by atoms with Crippen LogP contribution < -0.4 is 4.74 Å². The first-order valence-electron chi connectivity index (χ1n) is 12.3. The molecule has 192 valence electrons. The van der Waals surface area contributed by atoms with Gasteiger partial charge < -0.3 is 4.74 Å². The lowest BCUT2D eigenvalue weighted by Crippen LogP contribution is -2.44. The predicted octanol–water partition coefficient (Wildman–Crippen LogP) is 3.56. The van der Waals surface area contributed by atoms with Crippen LogP contribution in [-0.2, 0) is 34.5 Å². The van der Waals surface area contributed by atoms with Crippen molar-refractivity contribution in [2.45, 2.75) is 58.2 Å². The molecule has 1 aromatic heterocycles. The molecule has 9 heteroatoms. The predicted molar refractivity (Wildman–Crippen MR) is 132 cm³/mol. The zero-order valence-corrected chi connectivity index (χ0v) is 20.9. The molecule has 4 rings (SSSR count). The first kappa shape index (κ1) is 27.1. The molecule has 2 aliphatic rings. The number of aromatic nitrogens is 2. The number of likely N-dealkylation sites (N-methyl/N-ethyl adjacent to an activating group) is 1. The SMILES string of the molecule is CC#CCOOOO.CN(CCOc1cc2n(n1)CCCC2)C1CCN(Cc2ccccc2)CC1. The number of piperidine rings is 1. The van der Waals surface area contributed by atoms with Crippen molar-refractivity contribution in [3.63, 3.8) is 0 Å². The summed E-state index contributed by atoms with van der Waals surface area (Å²) >= 11 is 0. The highest BCUT2D eigenvalue weighted by molar-refractivity contribution is 5.17. The van der Waals surface area contributed by atoms with Crippen molar-refractivity contribution in [2.24, 2.45) is 0 Å². The molecule has 2 aliphatic heterocycles. The second-order valence-electron chi connectivity index (χ2n) is 8.81. The number of ether oxygens (including phenoxy) is 1. The molecule has 0 atom stereocenters. The lowest BCUT2D eigenvalue weighted by molar-refractivity contribution is -0.620. The second kappa shape index (κ2) is 15.5. The zero-order chi connectivity index (χ0) is 24.7. The highest BCUT2D eigenvalue weighted by Crippen LogP contribution is 2.20. The molecule has 1 fully saturated rings. The van der Waals surface area contributed by atoms with Crippen LogP contribution in [0.3, 0.4) is 0 Å². The van der Waals surface area contributed by atoms with Crippen LogP contribution in [-0.4, -0.2) is 70.8 Å². The molecule has 0 radical (unpaired) electrons. The summed E-state index contributed by atoms with van der Waals surface area (Å²) in [5.74, 6) is 5.83. The van der Waals surface area contributed by atoms with E-state index < -0.39 is 0 Å². The molecule has 3 heterocycles. The molecular weight excluding hydrogens is 448 g/mol. The summed E-state index contributed by atoms with van der Waals surface area (Å²) < 4.78 is 8.05. The van der Waals surface area contributed by atoms with Crippen molar-refractivity contribution < 1.29 is 25.0 Å². The van der Waals surface area contributed by atoms with Crippen LogP contribution in [0.2, 0.25) is 0 Å². The largest absolute Gasteiger partial charge is 0.475 e. The third kappa shape index (κ3) is 9.61. The summed E-state index contributed by atoms with van der Waals surface area (Å²) in [6.07, 6.45) is 6.12. The first-order chi connectivity index (χ1) is 17.2. The van der Waals surface area contributed by atoms with Crippen molar-refractivity contribution in [2.75, 3.05) is 39.9 Å². The third-order valence-electron chi connectivity index (χ3n) is 6.40. The number of likely N-dealkylation sites (tertiary alicyclic amines) is 1. The van der Waals surface area contributed by atoms with Crippen LogP contribution >= 0.6 is 0 Å². The quantitative estimate of drug-likeness (QED) is 0.236. The topological polar surface area (TPSA) is 81.4 Å². The van der Waals surface area contributed by atoms with Crippen LogP contribution in [0.4, 0.5) is 0 Å². The van der Waals surface area contributed by atoms with Crippen LogP contribution in [0.5, 0.6) is 5.88 Å². The summed E-state index contributed by atoms with van der Waals surface area (Å²) in [4.78, 5) is 9.12. The monoisotopic (exact) mass is 486 g/mol. The van der Waals surface area contributed by atoms with Crippen molar-refractivity contribution in [1.82, 2.24) is 19.6 Å². The highest BCUT2D eigenvalue weighted by atomic mass is 17.6. The Hall–Kier alpha value is -2.45. The van der Waals surface area contributed by atoms with Crippen molar-refractivity contribution in [1.29, 1.82) is 0 Å². The van der Waals surface area contributed by atoms with Crippen molar-refractivity contribution >= 4 is 0 Å². The van der Waals surface area contributed by atoms with Gasteiger partial charge in [0.05, 0.1) is 0 Å². The lowest BCUT2D eigenvalue weighted by atomic mass is 10.0. The van der Waals surface area contributed by atoms with Gasteiger partial charge in [-0.3, -0.25) is 14.5 Å². The molecule has 1 N–H and O–H groups in total. The molecule has 0 spiro atoms. The lowest BCUT2D eigenvalue weighted by Gasteiger charge is -2.36. The van der Waals surface area contributed by atoms with Gasteiger partial charge in [-0.1, -0.05) is 36.3 Å². The zero-order valence-electron chi connectivity index (χ0n) is 20.9. The van der Waals surface area contributed by atoms with Gasteiger partial charge in [-0.25, -0.2) is 5.26 Å². The number of benzene rings is 1. The van der Waals surface area contributed by atoms with E-state index in [9.17, 15) is 0 Å². The van der Waals surface area contributed by atoms with Gasteiger partial charge >= 0.3 is 0 Å². The summed E-state index contributed by atoms with van der Waals surface area (Å²) in [6.45, 7) is 7.89. The molecule has 2 aromatic rings. The summed E-state index contributed by atoms with van der Waals surface area (Å²) in [5.41, 5.74) is 2.75. The minimum atomic E-state index is 0.0804. The number of hydrogen-bond acceptors (Lipinski definition) is 8. The average Bonchev–Trinajstić information content (AvgIpc) is 3.31. The fourth-order valence-electron chi connectivity index (χ4n) is 4.45. The minimum absolute atomic E-state index is 0.0804. The molecule has 0 unspecified atom stereocenters. The molecule has 1 saturated heterocycles. The Morgan fingerprint density at radius 3 is 2.66 bits per heavy atom. The number of rotatable bonds is 10. The minimum Gasteiger partial charge on any atom is -0.475 e. The van der Waals surface area contributed by atoms with Crippen LogP contribution in [0, 0.1) is 11.8 Å². The van der Waals surface area contributed by atoms with E-state index in [4.69, 9.17) is 9.99 Å². The Morgan fingerprint density at radius 2 is 1.94 bits per heavy atom. The highest BCUT2D eigenvalue weighted by Gasteiger charge is 2.22. The third-order valence-corrected chi connectivity index (χ3v) is 6.40. The van der Waals surface area contributed by atoms with E-state index >= 15 is 0 Å². The average molecular weight is 487 g/mol. The molecule has 35 heavy (non-hydrogen) atoms. The standard InChI is InChI=1S/C22H32N4O.C4H6O4/c1-24(15-16-27-22-17-21-9-5-6-12-26(21)23-22)20-10-13-25(14-11-20)18-19-7-3-2-4-8-19;1-2-3-4-6-8-7-5/h2-4,7-8,17,20H,5-6,9-16,18H2,1H3;5H,4H2,1H3. The first-order valence-corrected chi connectivity index (χ1v) is 12.3. The molecule has 9 nitrogen and oxygen atoms in total. The maximum Gasteiger partial charge on any atom is 0.233 e. The number of nitrogens with zero attached hydrogens (tertiary/aromatic N) is 4. The van der Waals surface area contributed by atoms with Crippen LogP contribution in [0.25, 0.3) is 0 Å². The number of aryl methyl sites for hydroxylation is 2. The smallest absolute Gasteiger partial charge is 0.233 e. The Bertz CT molecular complexity index is 880. The second-order valence-corrected chi connectivity index (χ2v) is 8.81. The van der Waals surface area contributed by atoms with Crippen LogP contribution in [0.1, 0.15) is 43.9 Å². The van der Waals surface area contributed by atoms with Crippen LogP contribution in [0.15, 0.2) is 36.4 Å². The Morgan fingerprint density at radius 1 is 1.14 bits per heavy atom. The van der Waals surface area contributed by atoms with E-state index in [0.29, 0.717) is 6.04 Å². The maximum atomic E-state index is 7.47. The van der Waals surface area contributed by atoms with Gasteiger partial charge in [-0.05, 0) is 74.8 Å². The summed E-state index contributed by atoms with van der Waals surface area (Å²) in [5, 5.41) is 18.7. The summed E-state index contributed by atoms with van der Waals surface area (Å²) in [7, 11) is 2.24. The molecule has 1 aromatic carbocycles. The fraction of sp³-hybridized carbons (Fsp3) is 0.577. The normalized spacial score (nSPS) is 16.1. The van der Waals surface area contributed by atoms with E-state index in [1.807, 2.05) is 0 Å². The Kier molecular flexibility index (Phi) is 12.0. The Labute approximate surface area is 208 Å². The number of hydrogen-bond donors (Lipinski definition) is 1.